The van der Waals surface area contributed by atoms with E-state index in [1.54, 1.807) is 0 Å². The summed E-state index contributed by atoms with van der Waals surface area (Å²) in [6, 6.07) is 9.15. The lowest BCUT2D eigenvalue weighted by Gasteiger charge is -2.34. The lowest BCUT2D eigenvalue weighted by Crippen LogP contribution is -2.42. The molecular weight excluding hydrogens is 250 g/mol. The van der Waals surface area contributed by atoms with Crippen molar-refractivity contribution in [3.05, 3.63) is 30.2 Å². The number of nitrogens with zero attached hydrogens (tertiary/aromatic N) is 2. The fourth-order valence-corrected chi connectivity index (χ4v) is 3.66. The topological polar surface area (TPSA) is 41.3 Å². The molecule has 0 bridgehead atoms. The Morgan fingerprint density at radius 2 is 2.00 bits per heavy atom. The molecule has 0 saturated carbocycles. The van der Waals surface area contributed by atoms with Gasteiger partial charge in [0.1, 0.15) is 5.52 Å². The van der Waals surface area contributed by atoms with E-state index in [-0.39, 0.29) is 0 Å². The Bertz CT molecular complexity index is 555. The molecule has 106 valence electrons. The van der Waals surface area contributed by atoms with Crippen molar-refractivity contribution in [2.24, 2.45) is 0 Å². The molecule has 4 heteroatoms. The minimum absolute atomic E-state index is 0.380. The highest BCUT2D eigenvalue weighted by Crippen LogP contribution is 2.36. The van der Waals surface area contributed by atoms with Crippen LogP contribution in [0.15, 0.2) is 28.7 Å². The molecule has 0 aliphatic carbocycles. The van der Waals surface area contributed by atoms with Gasteiger partial charge in [0.05, 0.1) is 6.04 Å². The Hall–Kier alpha value is -1.39. The number of fused-ring (bicyclic) bond motifs is 1. The summed E-state index contributed by atoms with van der Waals surface area (Å²) < 4.78 is 6.00. The second-order valence-corrected chi connectivity index (χ2v) is 5.90. The third kappa shape index (κ3) is 2.13. The monoisotopic (exact) mass is 271 g/mol. The normalized spacial score (nSPS) is 25.5. The van der Waals surface area contributed by atoms with E-state index < -0.39 is 0 Å². The van der Waals surface area contributed by atoms with Gasteiger partial charge in [-0.05, 0) is 57.5 Å². The summed E-state index contributed by atoms with van der Waals surface area (Å²) in [5, 5.41) is 3.45. The highest BCUT2D eigenvalue weighted by atomic mass is 16.3. The number of piperidine rings is 1. The fourth-order valence-electron chi connectivity index (χ4n) is 3.66. The van der Waals surface area contributed by atoms with Gasteiger partial charge in [-0.15, -0.1) is 0 Å². The molecule has 1 unspecified atom stereocenters. The third-order valence-corrected chi connectivity index (χ3v) is 4.67. The molecule has 1 N–H and O–H groups in total. The van der Waals surface area contributed by atoms with E-state index in [1.165, 1.54) is 32.2 Å². The minimum atomic E-state index is 0.380. The van der Waals surface area contributed by atoms with Crippen LogP contribution in [0.1, 0.15) is 37.6 Å². The van der Waals surface area contributed by atoms with E-state index in [0.717, 1.165) is 30.1 Å². The van der Waals surface area contributed by atoms with E-state index in [2.05, 4.69) is 10.2 Å². The number of para-hydroxylation sites is 2. The number of hydrogen-bond donors (Lipinski definition) is 1. The first kappa shape index (κ1) is 12.4. The maximum atomic E-state index is 6.00. The largest absolute Gasteiger partial charge is 0.439 e. The highest BCUT2D eigenvalue weighted by Gasteiger charge is 2.35. The molecule has 20 heavy (non-hydrogen) atoms. The van der Waals surface area contributed by atoms with Gasteiger partial charge in [0, 0.05) is 6.04 Å². The van der Waals surface area contributed by atoms with Crippen molar-refractivity contribution in [3.8, 4) is 0 Å². The molecule has 2 aliphatic heterocycles. The summed E-state index contributed by atoms with van der Waals surface area (Å²) in [6.07, 6.45) is 4.93. The first-order chi connectivity index (χ1) is 9.92. The Labute approximate surface area is 119 Å². The molecule has 1 atom stereocenters. The maximum absolute atomic E-state index is 6.00. The van der Waals surface area contributed by atoms with Gasteiger partial charge >= 0.3 is 0 Å². The van der Waals surface area contributed by atoms with Crippen LogP contribution < -0.4 is 5.32 Å². The zero-order valence-electron chi connectivity index (χ0n) is 11.7. The number of rotatable bonds is 2. The molecule has 0 spiro atoms. The Morgan fingerprint density at radius 1 is 1.15 bits per heavy atom. The number of oxazole rings is 1. The lowest BCUT2D eigenvalue weighted by molar-refractivity contribution is 0.132. The van der Waals surface area contributed by atoms with Crippen LogP contribution in [-0.4, -0.2) is 35.6 Å². The molecule has 2 saturated heterocycles. The minimum Gasteiger partial charge on any atom is -0.439 e. The standard InChI is InChI=1S/C16H21N3O/c1-2-6-15-13(4-1)18-16(20-15)14-5-3-11-19(14)12-7-9-17-10-8-12/h1-2,4,6,12,14,17H,3,5,7-11H2. The van der Waals surface area contributed by atoms with Crippen molar-refractivity contribution >= 4 is 11.1 Å². The third-order valence-electron chi connectivity index (χ3n) is 4.67. The van der Waals surface area contributed by atoms with Gasteiger partial charge in [-0.3, -0.25) is 4.90 Å². The summed E-state index contributed by atoms with van der Waals surface area (Å²) in [4.78, 5) is 7.35. The molecule has 2 aliphatic rings. The smallest absolute Gasteiger partial charge is 0.212 e. The fraction of sp³-hybridized carbons (Fsp3) is 0.562. The highest BCUT2D eigenvalue weighted by molar-refractivity contribution is 5.72. The molecule has 0 radical (unpaired) electrons. The van der Waals surface area contributed by atoms with E-state index in [0.29, 0.717) is 12.1 Å². The quantitative estimate of drug-likeness (QED) is 0.912. The molecule has 4 rings (SSSR count). The van der Waals surface area contributed by atoms with Gasteiger partial charge in [-0.1, -0.05) is 12.1 Å². The summed E-state index contributed by atoms with van der Waals surface area (Å²) in [5.74, 6) is 0.919. The van der Waals surface area contributed by atoms with Crippen molar-refractivity contribution in [1.82, 2.24) is 15.2 Å². The predicted octanol–water partition coefficient (Wildman–Crippen LogP) is 2.72. The average molecular weight is 271 g/mol. The van der Waals surface area contributed by atoms with Gasteiger partial charge < -0.3 is 9.73 Å². The van der Waals surface area contributed by atoms with Crippen LogP contribution in [-0.2, 0) is 0 Å². The van der Waals surface area contributed by atoms with Gasteiger partial charge in [0.15, 0.2) is 5.58 Å². The van der Waals surface area contributed by atoms with Crippen LogP contribution >= 0.6 is 0 Å². The van der Waals surface area contributed by atoms with Gasteiger partial charge in [-0.2, -0.15) is 0 Å². The summed E-state index contributed by atoms with van der Waals surface area (Å²) in [5.41, 5.74) is 1.90. The van der Waals surface area contributed by atoms with Crippen molar-refractivity contribution in [2.45, 2.75) is 37.8 Å². The SMILES string of the molecule is c1ccc2oc(C3CCCN3C3CCNCC3)nc2c1. The van der Waals surface area contributed by atoms with Crippen molar-refractivity contribution in [3.63, 3.8) is 0 Å². The van der Waals surface area contributed by atoms with E-state index in [9.17, 15) is 0 Å². The van der Waals surface area contributed by atoms with Crippen LogP contribution in [0.3, 0.4) is 0 Å². The number of nitrogens with one attached hydrogen (secondary N) is 1. The summed E-state index contributed by atoms with van der Waals surface area (Å²) >= 11 is 0. The van der Waals surface area contributed by atoms with Crippen molar-refractivity contribution in [1.29, 1.82) is 0 Å². The molecule has 3 heterocycles. The van der Waals surface area contributed by atoms with E-state index in [4.69, 9.17) is 9.40 Å². The molecular formula is C16H21N3O. The Balaban J connectivity index is 1.62. The second kappa shape index (κ2) is 5.19. The van der Waals surface area contributed by atoms with Gasteiger partial charge in [-0.25, -0.2) is 4.98 Å². The van der Waals surface area contributed by atoms with Gasteiger partial charge in [0.25, 0.3) is 0 Å². The van der Waals surface area contributed by atoms with Crippen LogP contribution in [0.4, 0.5) is 0 Å². The summed E-state index contributed by atoms with van der Waals surface area (Å²) in [6.45, 7) is 3.47. The van der Waals surface area contributed by atoms with Crippen LogP contribution in [0.2, 0.25) is 0 Å². The van der Waals surface area contributed by atoms with E-state index in [1.807, 2.05) is 24.3 Å². The lowest BCUT2D eigenvalue weighted by atomic mass is 10.0. The number of likely N-dealkylation sites (tertiary alicyclic amines) is 1. The zero-order valence-corrected chi connectivity index (χ0v) is 11.7. The molecule has 4 nitrogen and oxygen atoms in total. The van der Waals surface area contributed by atoms with Crippen molar-refractivity contribution < 1.29 is 4.42 Å². The summed E-state index contributed by atoms with van der Waals surface area (Å²) in [7, 11) is 0. The Morgan fingerprint density at radius 3 is 2.85 bits per heavy atom. The van der Waals surface area contributed by atoms with Crippen molar-refractivity contribution in [2.75, 3.05) is 19.6 Å². The zero-order chi connectivity index (χ0) is 13.4. The van der Waals surface area contributed by atoms with Gasteiger partial charge in [0.2, 0.25) is 5.89 Å². The molecule has 1 aromatic carbocycles. The number of aromatic nitrogens is 1. The molecule has 2 fully saturated rings. The number of benzene rings is 1. The van der Waals surface area contributed by atoms with Crippen LogP contribution in [0, 0.1) is 0 Å². The predicted molar refractivity (Wildman–Crippen MR) is 78.6 cm³/mol. The van der Waals surface area contributed by atoms with E-state index >= 15 is 0 Å². The molecule has 2 aromatic rings. The molecule has 0 amide bonds. The maximum Gasteiger partial charge on any atom is 0.212 e. The Kier molecular flexibility index (Phi) is 3.20. The first-order valence-corrected chi connectivity index (χ1v) is 7.74. The average Bonchev–Trinajstić information content (AvgIpc) is 3.14. The first-order valence-electron chi connectivity index (χ1n) is 7.74. The van der Waals surface area contributed by atoms with Crippen LogP contribution in [0.25, 0.3) is 11.1 Å². The second-order valence-electron chi connectivity index (χ2n) is 5.90. The number of hydrogen-bond acceptors (Lipinski definition) is 4. The molecule has 1 aromatic heterocycles. The van der Waals surface area contributed by atoms with Crippen LogP contribution in [0.5, 0.6) is 0 Å².